The lowest BCUT2D eigenvalue weighted by atomic mass is 10.2. The van der Waals surface area contributed by atoms with Crippen molar-refractivity contribution in [3.05, 3.63) is 76.5 Å². The van der Waals surface area contributed by atoms with Gasteiger partial charge in [-0.3, -0.25) is 9.59 Å². The average Bonchev–Trinajstić information content (AvgIpc) is 2.80. The van der Waals surface area contributed by atoms with E-state index in [1.807, 2.05) is 0 Å². The SMILES string of the molecule is COc1ccc(C(=O)Nc2ccc(SCC(=O)Nc3ccc(Br)cc3F)cc2)cc1OC. The molecule has 0 spiro atoms. The molecule has 0 fully saturated rings. The quantitative estimate of drug-likeness (QED) is 0.380. The van der Waals surface area contributed by atoms with Gasteiger partial charge in [-0.15, -0.1) is 11.8 Å². The molecular weight excluding hydrogens is 499 g/mol. The van der Waals surface area contributed by atoms with E-state index in [0.717, 1.165) is 4.90 Å². The fraction of sp³-hybridized carbons (Fsp3) is 0.130. The number of methoxy groups -OCH3 is 2. The highest BCUT2D eigenvalue weighted by atomic mass is 79.9. The molecule has 0 unspecified atom stereocenters. The third-order valence-corrected chi connectivity index (χ3v) is 5.84. The van der Waals surface area contributed by atoms with E-state index >= 15 is 0 Å². The molecule has 0 aliphatic heterocycles. The van der Waals surface area contributed by atoms with Crippen LogP contribution in [0.5, 0.6) is 11.5 Å². The monoisotopic (exact) mass is 518 g/mol. The van der Waals surface area contributed by atoms with Crippen LogP contribution in [-0.2, 0) is 4.79 Å². The largest absolute Gasteiger partial charge is 0.493 e. The molecule has 2 N–H and O–H groups in total. The number of benzene rings is 3. The number of carbonyl (C=O) groups excluding carboxylic acids is 2. The van der Waals surface area contributed by atoms with Gasteiger partial charge in [0, 0.05) is 20.6 Å². The van der Waals surface area contributed by atoms with Crippen molar-refractivity contribution >= 4 is 50.9 Å². The van der Waals surface area contributed by atoms with E-state index in [-0.39, 0.29) is 23.3 Å². The highest BCUT2D eigenvalue weighted by Gasteiger charge is 2.12. The normalized spacial score (nSPS) is 10.4. The van der Waals surface area contributed by atoms with Crippen LogP contribution in [0.2, 0.25) is 0 Å². The summed E-state index contributed by atoms with van der Waals surface area (Å²) >= 11 is 4.48. The van der Waals surface area contributed by atoms with Gasteiger partial charge in [0.2, 0.25) is 5.91 Å². The molecule has 0 aliphatic rings. The molecule has 166 valence electrons. The molecule has 32 heavy (non-hydrogen) atoms. The topological polar surface area (TPSA) is 76.7 Å². The summed E-state index contributed by atoms with van der Waals surface area (Å²) in [4.78, 5) is 25.4. The average molecular weight is 519 g/mol. The molecule has 3 aromatic carbocycles. The van der Waals surface area contributed by atoms with E-state index in [9.17, 15) is 14.0 Å². The summed E-state index contributed by atoms with van der Waals surface area (Å²) < 4.78 is 24.8. The maximum atomic E-state index is 13.8. The van der Waals surface area contributed by atoms with Crippen LogP contribution in [0.3, 0.4) is 0 Å². The Labute approximate surface area is 197 Å². The van der Waals surface area contributed by atoms with Crippen LogP contribution in [0.15, 0.2) is 70.0 Å². The Hall–Kier alpha value is -3.04. The lowest BCUT2D eigenvalue weighted by Crippen LogP contribution is -2.15. The second-order valence-corrected chi connectivity index (χ2v) is 8.47. The number of halogens is 2. The number of thioether (sulfide) groups is 1. The van der Waals surface area contributed by atoms with Crippen molar-refractivity contribution in [3.63, 3.8) is 0 Å². The summed E-state index contributed by atoms with van der Waals surface area (Å²) in [7, 11) is 3.03. The highest BCUT2D eigenvalue weighted by molar-refractivity contribution is 9.10. The second kappa shape index (κ2) is 11.0. The van der Waals surface area contributed by atoms with E-state index in [4.69, 9.17) is 9.47 Å². The van der Waals surface area contributed by atoms with E-state index in [1.54, 1.807) is 48.5 Å². The molecular formula is C23H20BrFN2O4S. The third kappa shape index (κ3) is 6.24. The lowest BCUT2D eigenvalue weighted by molar-refractivity contribution is -0.113. The van der Waals surface area contributed by atoms with Crippen LogP contribution in [0.25, 0.3) is 0 Å². The van der Waals surface area contributed by atoms with Gasteiger partial charge >= 0.3 is 0 Å². The number of amides is 2. The molecule has 0 heterocycles. The molecule has 6 nitrogen and oxygen atoms in total. The van der Waals surface area contributed by atoms with Crippen molar-refractivity contribution in [2.75, 3.05) is 30.6 Å². The van der Waals surface area contributed by atoms with Gasteiger partial charge in [0.05, 0.1) is 25.7 Å². The van der Waals surface area contributed by atoms with E-state index < -0.39 is 5.82 Å². The molecule has 0 saturated carbocycles. The zero-order valence-electron chi connectivity index (χ0n) is 17.3. The predicted octanol–water partition coefficient (Wildman–Crippen LogP) is 5.59. The minimum atomic E-state index is -0.507. The first-order valence-corrected chi connectivity index (χ1v) is 11.2. The Morgan fingerprint density at radius 1 is 0.938 bits per heavy atom. The Kier molecular flexibility index (Phi) is 8.13. The standard InChI is InChI=1S/C23H20BrFN2O4S/c1-30-20-10-3-14(11-21(20)31-2)23(29)26-16-5-7-17(8-6-16)32-13-22(28)27-19-9-4-15(24)12-18(19)25/h3-12H,13H2,1-2H3,(H,26,29)(H,27,28). The summed E-state index contributed by atoms with van der Waals surface area (Å²) in [6, 6.07) is 16.4. The molecule has 0 atom stereocenters. The van der Waals surface area contributed by atoms with Crippen LogP contribution in [0, 0.1) is 5.82 Å². The molecule has 0 aromatic heterocycles. The van der Waals surface area contributed by atoms with Crippen LogP contribution in [0.1, 0.15) is 10.4 Å². The van der Waals surface area contributed by atoms with Gasteiger partial charge in [0.1, 0.15) is 5.82 Å². The van der Waals surface area contributed by atoms with Crippen molar-refractivity contribution in [1.29, 1.82) is 0 Å². The number of ether oxygens (including phenoxy) is 2. The summed E-state index contributed by atoms with van der Waals surface area (Å²) in [5, 5.41) is 5.36. The molecule has 3 aromatic rings. The maximum absolute atomic E-state index is 13.8. The van der Waals surface area contributed by atoms with Gasteiger partial charge in [0.25, 0.3) is 5.91 Å². The molecule has 3 rings (SSSR count). The Morgan fingerprint density at radius 3 is 2.31 bits per heavy atom. The minimum absolute atomic E-state index is 0.118. The first kappa shape index (κ1) is 23.6. The number of hydrogen-bond donors (Lipinski definition) is 2. The van der Waals surface area contributed by atoms with Gasteiger partial charge in [-0.05, 0) is 60.7 Å². The summed E-state index contributed by atoms with van der Waals surface area (Å²) in [6.07, 6.45) is 0. The van der Waals surface area contributed by atoms with Gasteiger partial charge in [-0.25, -0.2) is 4.39 Å². The molecule has 2 amide bonds. The lowest BCUT2D eigenvalue weighted by Gasteiger charge is -2.10. The predicted molar refractivity (Wildman–Crippen MR) is 127 cm³/mol. The van der Waals surface area contributed by atoms with Crippen molar-refractivity contribution < 1.29 is 23.5 Å². The maximum Gasteiger partial charge on any atom is 0.255 e. The molecule has 9 heteroatoms. The van der Waals surface area contributed by atoms with Gasteiger partial charge < -0.3 is 20.1 Å². The van der Waals surface area contributed by atoms with E-state index in [0.29, 0.717) is 27.2 Å². The zero-order chi connectivity index (χ0) is 23.1. The molecule has 0 aliphatic carbocycles. The number of hydrogen-bond acceptors (Lipinski definition) is 5. The fourth-order valence-electron chi connectivity index (χ4n) is 2.74. The smallest absolute Gasteiger partial charge is 0.255 e. The fourth-order valence-corrected chi connectivity index (χ4v) is 3.77. The van der Waals surface area contributed by atoms with Crippen LogP contribution in [0.4, 0.5) is 15.8 Å². The Balaban J connectivity index is 1.54. The summed E-state index contributed by atoms with van der Waals surface area (Å²) in [5.41, 5.74) is 1.17. The van der Waals surface area contributed by atoms with Crippen LogP contribution in [-0.4, -0.2) is 31.8 Å². The molecule has 0 saturated heterocycles. The zero-order valence-corrected chi connectivity index (χ0v) is 19.7. The number of carbonyl (C=O) groups is 2. The van der Waals surface area contributed by atoms with Crippen molar-refractivity contribution in [2.24, 2.45) is 0 Å². The van der Waals surface area contributed by atoms with Crippen molar-refractivity contribution in [1.82, 2.24) is 0 Å². The van der Waals surface area contributed by atoms with Crippen molar-refractivity contribution in [3.8, 4) is 11.5 Å². The number of anilines is 2. The Bertz CT molecular complexity index is 1130. The number of nitrogens with one attached hydrogen (secondary N) is 2. The van der Waals surface area contributed by atoms with Gasteiger partial charge in [-0.2, -0.15) is 0 Å². The number of rotatable bonds is 8. The summed E-state index contributed by atoms with van der Waals surface area (Å²) in [5.74, 6) is 0.00878. The minimum Gasteiger partial charge on any atom is -0.493 e. The second-order valence-electron chi connectivity index (χ2n) is 6.51. The highest BCUT2D eigenvalue weighted by Crippen LogP contribution is 2.28. The third-order valence-electron chi connectivity index (χ3n) is 4.33. The van der Waals surface area contributed by atoms with Crippen molar-refractivity contribution in [2.45, 2.75) is 4.90 Å². The molecule has 0 radical (unpaired) electrons. The van der Waals surface area contributed by atoms with E-state index in [1.165, 1.54) is 38.1 Å². The summed E-state index contributed by atoms with van der Waals surface area (Å²) in [6.45, 7) is 0. The van der Waals surface area contributed by atoms with Gasteiger partial charge in [0.15, 0.2) is 11.5 Å². The van der Waals surface area contributed by atoms with Crippen LogP contribution < -0.4 is 20.1 Å². The first-order chi connectivity index (χ1) is 15.4. The van der Waals surface area contributed by atoms with Crippen LogP contribution >= 0.6 is 27.7 Å². The molecule has 0 bridgehead atoms. The van der Waals surface area contributed by atoms with E-state index in [2.05, 4.69) is 26.6 Å². The van der Waals surface area contributed by atoms with Gasteiger partial charge in [-0.1, -0.05) is 15.9 Å². The Morgan fingerprint density at radius 2 is 1.66 bits per heavy atom. The first-order valence-electron chi connectivity index (χ1n) is 9.40.